The van der Waals surface area contributed by atoms with E-state index in [-0.39, 0.29) is 31.1 Å². The van der Waals surface area contributed by atoms with E-state index >= 15 is 0 Å². The number of nitrogen functional groups attached to an aromatic ring is 1. The zero-order valence-corrected chi connectivity index (χ0v) is 16.5. The van der Waals surface area contributed by atoms with E-state index < -0.39 is 15.6 Å². The van der Waals surface area contributed by atoms with Gasteiger partial charge < -0.3 is 5.73 Å². The van der Waals surface area contributed by atoms with Crippen LogP contribution >= 0.6 is 11.6 Å². The molecule has 1 fully saturated rings. The molecule has 0 atom stereocenters. The lowest BCUT2D eigenvalue weighted by atomic mass is 9.89. The van der Waals surface area contributed by atoms with Crippen molar-refractivity contribution >= 4 is 33.1 Å². The maximum absolute atomic E-state index is 12.1. The average molecular weight is 421 g/mol. The quantitative estimate of drug-likeness (QED) is 0.652. The number of halogens is 1. The van der Waals surface area contributed by atoms with E-state index in [4.69, 9.17) is 17.3 Å². The third-order valence-corrected chi connectivity index (χ3v) is 6.95. The summed E-state index contributed by atoms with van der Waals surface area (Å²) in [7, 11) is -3.33. The van der Waals surface area contributed by atoms with Crippen molar-refractivity contribution in [3.05, 3.63) is 29.8 Å². The van der Waals surface area contributed by atoms with Gasteiger partial charge in [0.2, 0.25) is 10.0 Å². The summed E-state index contributed by atoms with van der Waals surface area (Å²) in [6, 6.07) is 3.85. The molecule has 146 valence electrons. The van der Waals surface area contributed by atoms with E-state index in [0.29, 0.717) is 21.8 Å². The minimum Gasteiger partial charge on any atom is -0.382 e. The Hall–Kier alpha value is -2.68. The molecule has 0 bridgehead atoms. The summed E-state index contributed by atoms with van der Waals surface area (Å²) >= 11 is 6.18. The molecule has 3 aromatic rings. The number of rotatable bonds is 5. The van der Waals surface area contributed by atoms with Gasteiger partial charge in [-0.15, -0.1) is 0 Å². The summed E-state index contributed by atoms with van der Waals surface area (Å²) in [4.78, 5) is 4.24. The maximum Gasteiger partial charge on any atom is 0.213 e. The first-order chi connectivity index (χ1) is 13.3. The van der Waals surface area contributed by atoms with E-state index in [1.807, 2.05) is 0 Å². The van der Waals surface area contributed by atoms with Crippen LogP contribution < -0.4 is 5.73 Å². The van der Waals surface area contributed by atoms with Crippen molar-refractivity contribution in [1.82, 2.24) is 28.7 Å². The van der Waals surface area contributed by atoms with Crippen LogP contribution in [0.3, 0.4) is 0 Å². The fraction of sp³-hybridized carbons (Fsp3) is 0.375. The third kappa shape index (κ3) is 2.81. The lowest BCUT2D eigenvalue weighted by Gasteiger charge is -2.47. The van der Waals surface area contributed by atoms with Crippen molar-refractivity contribution in [2.24, 2.45) is 0 Å². The largest absolute Gasteiger partial charge is 0.382 e. The molecule has 1 aliphatic heterocycles. The molecule has 0 aliphatic carbocycles. The first-order valence-electron chi connectivity index (χ1n) is 8.49. The van der Waals surface area contributed by atoms with Crippen molar-refractivity contribution in [3.63, 3.8) is 0 Å². The second-order valence-corrected chi connectivity index (χ2v) is 9.39. The summed E-state index contributed by atoms with van der Waals surface area (Å²) in [5, 5.41) is 18.2. The molecule has 2 N–H and O–H groups in total. The standard InChI is InChI=1S/C16H17ClN8O2S/c1-2-28(26,27)23-8-16(9-23,3-4-18)25-7-13(14(19)22-25)12-5-11(17)6-24-15(12)20-10-21-24/h5-7,10H,2-3,8-9H2,1H3,(H2,19,22). The van der Waals surface area contributed by atoms with Crippen LogP contribution in [-0.4, -0.2) is 55.9 Å². The number of hydrogen-bond donors (Lipinski definition) is 1. The van der Waals surface area contributed by atoms with Crippen LogP contribution in [-0.2, 0) is 15.6 Å². The normalized spacial score (nSPS) is 16.8. The lowest BCUT2D eigenvalue weighted by Crippen LogP contribution is -2.64. The summed E-state index contributed by atoms with van der Waals surface area (Å²) in [5.74, 6) is 0.247. The number of nitrogens with two attached hydrogens (primary N) is 1. The summed E-state index contributed by atoms with van der Waals surface area (Å²) in [6.07, 6.45) is 4.86. The lowest BCUT2D eigenvalue weighted by molar-refractivity contribution is 0.0722. The zero-order valence-electron chi connectivity index (χ0n) is 14.9. The second-order valence-electron chi connectivity index (χ2n) is 6.70. The van der Waals surface area contributed by atoms with Crippen molar-refractivity contribution in [3.8, 4) is 17.2 Å². The van der Waals surface area contributed by atoms with E-state index in [0.717, 1.165) is 0 Å². The maximum atomic E-state index is 12.1. The highest BCUT2D eigenvalue weighted by Gasteiger charge is 2.50. The molecule has 0 aromatic carbocycles. The molecular formula is C16H17ClN8O2S. The van der Waals surface area contributed by atoms with Gasteiger partial charge >= 0.3 is 0 Å². The Labute approximate surface area is 166 Å². The van der Waals surface area contributed by atoms with Crippen molar-refractivity contribution in [2.45, 2.75) is 18.9 Å². The van der Waals surface area contributed by atoms with Gasteiger partial charge in [0.15, 0.2) is 11.5 Å². The van der Waals surface area contributed by atoms with E-state index in [2.05, 4.69) is 21.3 Å². The van der Waals surface area contributed by atoms with Gasteiger partial charge in [-0.3, -0.25) is 4.68 Å². The molecule has 0 saturated carbocycles. The van der Waals surface area contributed by atoms with Gasteiger partial charge in [0.05, 0.1) is 23.3 Å². The zero-order chi connectivity index (χ0) is 20.1. The fourth-order valence-electron chi connectivity index (χ4n) is 3.40. The highest BCUT2D eigenvalue weighted by Crippen LogP contribution is 2.38. The van der Waals surface area contributed by atoms with Gasteiger partial charge in [0.25, 0.3) is 0 Å². The van der Waals surface area contributed by atoms with E-state index in [1.54, 1.807) is 34.6 Å². The van der Waals surface area contributed by atoms with E-state index in [1.165, 1.54) is 10.6 Å². The van der Waals surface area contributed by atoms with Crippen molar-refractivity contribution in [1.29, 1.82) is 5.26 Å². The molecule has 12 heteroatoms. The number of hydrogen-bond acceptors (Lipinski definition) is 7. The molecule has 28 heavy (non-hydrogen) atoms. The second kappa shape index (κ2) is 6.44. The van der Waals surface area contributed by atoms with Gasteiger partial charge in [-0.1, -0.05) is 11.6 Å². The monoisotopic (exact) mass is 420 g/mol. The summed E-state index contributed by atoms with van der Waals surface area (Å²) in [6.45, 7) is 1.94. The minimum atomic E-state index is -3.33. The number of nitrogens with zero attached hydrogens (tertiary/aromatic N) is 7. The number of anilines is 1. The minimum absolute atomic E-state index is 0.00943. The Bertz CT molecular complexity index is 1200. The number of nitriles is 1. The molecular weight excluding hydrogens is 404 g/mol. The Kier molecular flexibility index (Phi) is 4.29. The van der Waals surface area contributed by atoms with Crippen LogP contribution in [0.5, 0.6) is 0 Å². The summed E-state index contributed by atoms with van der Waals surface area (Å²) in [5.41, 5.74) is 7.20. The predicted octanol–water partition coefficient (Wildman–Crippen LogP) is 1.10. The number of sulfonamides is 1. The molecule has 1 aliphatic rings. The fourth-order valence-corrected chi connectivity index (χ4v) is 4.84. The molecule has 0 radical (unpaired) electrons. The predicted molar refractivity (Wildman–Crippen MR) is 103 cm³/mol. The third-order valence-electron chi connectivity index (χ3n) is 4.97. The van der Waals surface area contributed by atoms with Crippen LogP contribution in [0.1, 0.15) is 13.3 Å². The average Bonchev–Trinajstić information content (AvgIpc) is 3.23. The van der Waals surface area contributed by atoms with Gasteiger partial charge in [-0.2, -0.15) is 19.8 Å². The van der Waals surface area contributed by atoms with Gasteiger partial charge in [-0.25, -0.2) is 17.9 Å². The van der Waals surface area contributed by atoms with Gasteiger partial charge in [-0.05, 0) is 13.0 Å². The molecule has 0 unspecified atom stereocenters. The number of pyridine rings is 1. The highest BCUT2D eigenvalue weighted by atomic mass is 35.5. The molecule has 3 aromatic heterocycles. The Morgan fingerprint density at radius 2 is 2.11 bits per heavy atom. The van der Waals surface area contributed by atoms with Crippen LogP contribution in [0, 0.1) is 11.3 Å². The van der Waals surface area contributed by atoms with Crippen LogP contribution in [0.15, 0.2) is 24.8 Å². The highest BCUT2D eigenvalue weighted by molar-refractivity contribution is 7.89. The molecule has 0 spiro atoms. The Morgan fingerprint density at radius 3 is 2.79 bits per heavy atom. The van der Waals surface area contributed by atoms with Crippen molar-refractivity contribution in [2.75, 3.05) is 24.6 Å². The van der Waals surface area contributed by atoms with E-state index in [9.17, 15) is 13.7 Å². The molecule has 0 amide bonds. The molecule has 10 nitrogen and oxygen atoms in total. The topological polar surface area (TPSA) is 135 Å². The Balaban J connectivity index is 1.77. The van der Waals surface area contributed by atoms with Crippen LogP contribution in [0.2, 0.25) is 5.02 Å². The number of aromatic nitrogens is 5. The Morgan fingerprint density at radius 1 is 1.36 bits per heavy atom. The molecule has 4 rings (SSSR count). The summed E-state index contributed by atoms with van der Waals surface area (Å²) < 4.78 is 28.7. The molecule has 1 saturated heterocycles. The first-order valence-corrected chi connectivity index (χ1v) is 10.5. The van der Waals surface area contributed by atoms with Crippen molar-refractivity contribution < 1.29 is 8.42 Å². The SMILES string of the molecule is CCS(=O)(=O)N1CC(CC#N)(n2cc(-c3cc(Cl)cn4ncnc34)c(N)n2)C1. The molecule has 4 heterocycles. The van der Waals surface area contributed by atoms with Gasteiger partial charge in [0, 0.05) is 36.6 Å². The smallest absolute Gasteiger partial charge is 0.213 e. The van der Waals surface area contributed by atoms with Gasteiger partial charge in [0.1, 0.15) is 11.9 Å². The number of fused-ring (bicyclic) bond motifs is 1. The van der Waals surface area contributed by atoms with Crippen LogP contribution in [0.4, 0.5) is 5.82 Å². The van der Waals surface area contributed by atoms with Crippen LogP contribution in [0.25, 0.3) is 16.8 Å². The first kappa shape index (κ1) is 18.7.